The Morgan fingerprint density at radius 1 is 1.10 bits per heavy atom. The number of rotatable bonds is 11. The molecule has 0 aliphatic carbocycles. The first kappa shape index (κ1) is 29.6. The van der Waals surface area contributed by atoms with Gasteiger partial charge in [-0.25, -0.2) is 9.48 Å². The summed E-state index contributed by atoms with van der Waals surface area (Å²) < 4.78 is 42.0. The summed E-state index contributed by atoms with van der Waals surface area (Å²) in [6, 6.07) is 10.6. The van der Waals surface area contributed by atoms with Gasteiger partial charge in [-0.05, 0) is 42.3 Å². The molecule has 208 valence electrons. The number of likely N-dealkylation sites (N-methyl/N-ethyl adjacent to an activating group) is 1. The molecule has 0 aliphatic rings. The van der Waals surface area contributed by atoms with Crippen LogP contribution in [0.5, 0.6) is 0 Å². The Morgan fingerprint density at radius 3 is 2.36 bits per heavy atom. The fourth-order valence-electron chi connectivity index (χ4n) is 4.00. The lowest BCUT2D eigenvalue weighted by Crippen LogP contribution is -2.32. The largest absolute Gasteiger partial charge is 0.481 e. The molecule has 0 fully saturated rings. The van der Waals surface area contributed by atoms with Crippen LogP contribution in [0.1, 0.15) is 36.3 Å². The van der Waals surface area contributed by atoms with E-state index < -0.39 is 54.0 Å². The summed E-state index contributed by atoms with van der Waals surface area (Å²) in [6.45, 7) is -0.523. The number of carboxylic acid groups (broad SMARTS) is 1. The smallest absolute Gasteiger partial charge is 0.416 e. The summed E-state index contributed by atoms with van der Waals surface area (Å²) in [5, 5.41) is 13.7. The van der Waals surface area contributed by atoms with Gasteiger partial charge in [0, 0.05) is 44.1 Å². The van der Waals surface area contributed by atoms with Crippen LogP contribution in [0.2, 0.25) is 5.02 Å². The van der Waals surface area contributed by atoms with E-state index in [-0.39, 0.29) is 30.8 Å². The lowest BCUT2D eigenvalue weighted by molar-refractivity contribution is -0.138. The Bertz CT molecular complexity index is 1410. The van der Waals surface area contributed by atoms with Gasteiger partial charge in [-0.3, -0.25) is 19.0 Å². The molecule has 2 aromatic carbocycles. The van der Waals surface area contributed by atoms with Crippen molar-refractivity contribution in [3.05, 3.63) is 75.2 Å². The summed E-state index contributed by atoms with van der Waals surface area (Å²) in [7, 11) is 2.85. The second kappa shape index (κ2) is 12.3. The number of alkyl halides is 3. The van der Waals surface area contributed by atoms with E-state index in [9.17, 15) is 32.3 Å². The first-order valence-corrected chi connectivity index (χ1v) is 12.2. The van der Waals surface area contributed by atoms with Gasteiger partial charge in [0.05, 0.1) is 11.5 Å². The average molecular weight is 567 g/mol. The van der Waals surface area contributed by atoms with Crippen LogP contribution in [0, 0.1) is 0 Å². The predicted octanol–water partition coefficient (Wildman–Crippen LogP) is 4.08. The maximum atomic E-state index is 13.3. The second-order valence-corrected chi connectivity index (χ2v) is 9.51. The van der Waals surface area contributed by atoms with E-state index in [1.54, 1.807) is 24.3 Å². The highest BCUT2D eigenvalue weighted by Crippen LogP contribution is 2.32. The number of halogens is 4. The molecule has 1 N–H and O–H groups in total. The Labute approximate surface area is 226 Å². The fourth-order valence-corrected chi connectivity index (χ4v) is 4.12. The van der Waals surface area contributed by atoms with Gasteiger partial charge in [-0.1, -0.05) is 29.8 Å². The van der Waals surface area contributed by atoms with Crippen molar-refractivity contribution in [3.8, 4) is 11.4 Å². The molecule has 1 atom stereocenters. The average Bonchev–Trinajstić information content (AvgIpc) is 3.16. The third kappa shape index (κ3) is 7.56. The predicted molar refractivity (Wildman–Crippen MR) is 136 cm³/mol. The molecule has 0 bridgehead atoms. The van der Waals surface area contributed by atoms with Gasteiger partial charge in [-0.2, -0.15) is 13.2 Å². The van der Waals surface area contributed by atoms with Crippen LogP contribution >= 0.6 is 11.6 Å². The van der Waals surface area contributed by atoms with Crippen molar-refractivity contribution in [3.63, 3.8) is 0 Å². The number of ketones is 1. The van der Waals surface area contributed by atoms with Gasteiger partial charge in [0.1, 0.15) is 6.54 Å². The third-order valence-electron chi connectivity index (χ3n) is 5.91. The highest BCUT2D eigenvalue weighted by atomic mass is 35.5. The summed E-state index contributed by atoms with van der Waals surface area (Å²) in [4.78, 5) is 51.2. The lowest BCUT2D eigenvalue weighted by Gasteiger charge is -2.21. The Hall–Kier alpha value is -3.93. The molecule has 1 aromatic heterocycles. The molecule has 3 aromatic rings. The number of hydrogen-bond donors (Lipinski definition) is 1. The summed E-state index contributed by atoms with van der Waals surface area (Å²) in [6.07, 6.45) is -5.16. The van der Waals surface area contributed by atoms with E-state index in [1.165, 1.54) is 35.7 Å². The van der Waals surface area contributed by atoms with Crippen LogP contribution < -0.4 is 5.69 Å². The van der Waals surface area contributed by atoms with E-state index in [0.29, 0.717) is 10.6 Å². The molecule has 0 saturated carbocycles. The van der Waals surface area contributed by atoms with Crippen LogP contribution in [0.25, 0.3) is 11.4 Å². The number of amides is 1. The standard InChI is InChI=1S/C26H26ClF3N4O5/c1-32(2)24(38)21(17-5-3-6-18(13-17)26(28,29)30)14-20(35)15-34-25(39)33(12-4-7-22(36)37)23(31-34)16-8-10-19(27)11-9-16/h3,5-6,8-11,13,21H,4,7,12,14-15H2,1-2H3,(H,36,37). The van der Waals surface area contributed by atoms with Crippen molar-refractivity contribution in [2.24, 2.45) is 0 Å². The number of Topliss-reactive ketones (excluding diaryl/α,β-unsaturated/α-hetero) is 1. The van der Waals surface area contributed by atoms with Crippen molar-refractivity contribution in [2.45, 2.75) is 44.4 Å². The topological polar surface area (TPSA) is 114 Å². The molecule has 39 heavy (non-hydrogen) atoms. The zero-order valence-corrected chi connectivity index (χ0v) is 21.9. The first-order valence-electron chi connectivity index (χ1n) is 11.8. The molecular formula is C26H26ClF3N4O5. The minimum absolute atomic E-state index is 0.0171. The van der Waals surface area contributed by atoms with Crippen LogP contribution in [0.4, 0.5) is 13.2 Å². The molecule has 0 saturated heterocycles. The van der Waals surface area contributed by atoms with Crippen LogP contribution in [0.3, 0.4) is 0 Å². The fraction of sp³-hybridized carbons (Fsp3) is 0.346. The van der Waals surface area contributed by atoms with Crippen LogP contribution in [0.15, 0.2) is 53.3 Å². The minimum Gasteiger partial charge on any atom is -0.481 e. The normalized spacial score (nSPS) is 12.3. The SMILES string of the molecule is CN(C)C(=O)C(CC(=O)Cn1nc(-c2ccc(Cl)cc2)n(CCCC(=O)O)c1=O)c1cccc(C(F)(F)F)c1. The van der Waals surface area contributed by atoms with Crippen molar-refractivity contribution >= 4 is 29.3 Å². The monoisotopic (exact) mass is 566 g/mol. The second-order valence-electron chi connectivity index (χ2n) is 9.07. The van der Waals surface area contributed by atoms with Gasteiger partial charge in [0.2, 0.25) is 5.91 Å². The molecule has 0 spiro atoms. The number of aliphatic carboxylic acids is 1. The molecule has 1 amide bonds. The van der Waals surface area contributed by atoms with Crippen molar-refractivity contribution in [2.75, 3.05) is 14.1 Å². The summed E-state index contributed by atoms with van der Waals surface area (Å²) in [5.41, 5.74) is -1.10. The van der Waals surface area contributed by atoms with E-state index in [0.717, 1.165) is 16.8 Å². The van der Waals surface area contributed by atoms with E-state index in [2.05, 4.69) is 5.10 Å². The van der Waals surface area contributed by atoms with Crippen LogP contribution in [-0.4, -0.2) is 56.1 Å². The van der Waals surface area contributed by atoms with Gasteiger partial charge >= 0.3 is 17.8 Å². The quantitative estimate of drug-likeness (QED) is 0.374. The molecule has 13 heteroatoms. The van der Waals surface area contributed by atoms with Gasteiger partial charge in [-0.15, -0.1) is 5.10 Å². The maximum absolute atomic E-state index is 13.3. The highest BCUT2D eigenvalue weighted by Gasteiger charge is 2.33. The zero-order valence-electron chi connectivity index (χ0n) is 21.1. The Morgan fingerprint density at radius 2 is 1.77 bits per heavy atom. The number of benzene rings is 2. The van der Waals surface area contributed by atoms with Crippen LogP contribution in [-0.2, 0) is 33.6 Å². The van der Waals surface area contributed by atoms with Gasteiger partial charge in [0.25, 0.3) is 0 Å². The van der Waals surface area contributed by atoms with Crippen molar-refractivity contribution in [1.29, 1.82) is 0 Å². The van der Waals surface area contributed by atoms with Gasteiger partial charge in [0.15, 0.2) is 11.6 Å². The van der Waals surface area contributed by atoms with Crippen molar-refractivity contribution < 1.29 is 32.7 Å². The first-order chi connectivity index (χ1) is 18.3. The van der Waals surface area contributed by atoms with E-state index >= 15 is 0 Å². The molecule has 0 aliphatic heterocycles. The Balaban J connectivity index is 1.92. The summed E-state index contributed by atoms with van der Waals surface area (Å²) >= 11 is 5.95. The summed E-state index contributed by atoms with van der Waals surface area (Å²) in [5.74, 6) is -3.24. The number of carbonyl (C=O) groups is 3. The zero-order chi connectivity index (χ0) is 28.9. The number of aromatic nitrogens is 3. The third-order valence-corrected chi connectivity index (χ3v) is 6.16. The molecule has 1 unspecified atom stereocenters. The van der Waals surface area contributed by atoms with E-state index in [4.69, 9.17) is 16.7 Å². The number of carbonyl (C=O) groups excluding carboxylic acids is 2. The maximum Gasteiger partial charge on any atom is 0.416 e. The van der Waals surface area contributed by atoms with E-state index in [1.807, 2.05) is 0 Å². The number of hydrogen-bond acceptors (Lipinski definition) is 5. The molecule has 9 nitrogen and oxygen atoms in total. The number of carboxylic acids is 1. The lowest BCUT2D eigenvalue weighted by atomic mass is 9.91. The highest BCUT2D eigenvalue weighted by molar-refractivity contribution is 6.30. The molecular weight excluding hydrogens is 541 g/mol. The molecule has 0 radical (unpaired) electrons. The number of nitrogens with zero attached hydrogens (tertiary/aromatic N) is 4. The van der Waals surface area contributed by atoms with Crippen molar-refractivity contribution in [1.82, 2.24) is 19.2 Å². The Kier molecular flexibility index (Phi) is 9.33. The minimum atomic E-state index is -4.63. The molecule has 1 heterocycles. The molecule has 3 rings (SSSR count). The van der Waals surface area contributed by atoms with Gasteiger partial charge < -0.3 is 10.0 Å².